The van der Waals surface area contributed by atoms with Gasteiger partial charge in [0.1, 0.15) is 19.8 Å². The standard InChI is InChI=1S/C82H128NO8P/c1-6-8-10-12-14-16-18-20-22-24-26-28-30-32-34-36-38-39-40-41-42-43-45-47-49-51-53-55-57-59-61-63-65-67-69-71-73-75-82(85)91-80(79-90-92(86,87)89-77-76-83(3,4)5)78-88-81(84)74-72-70-68-66-64-62-60-58-56-54-52-50-48-46-44-37-35-33-31-29-27-25-23-21-19-17-15-13-11-9-7-2/h8-11,14-17,20-23,26-29,32-35,38-39,41-42,44-47,50-53,56,58,62,64,80H,6-7,12-13,18-19,24-25,30-31,36-37,40,43,48-49,54-55,57,59-61,63,65-79H2,1-5H3/p+1/b10-8-,11-9-,16-14-,17-15-,22-20-,23-21-,28-26-,29-27-,34-32-,35-33-,39-38-,42-41-,46-44-,47-45-,52-50-,53-51-,58-56-,64-62-. The Morgan fingerprint density at radius 1 is 0.337 bits per heavy atom. The maximum absolute atomic E-state index is 12.9. The Kier molecular flexibility index (Phi) is 65.4. The lowest BCUT2D eigenvalue weighted by Gasteiger charge is -2.24. The van der Waals surface area contributed by atoms with E-state index in [1.807, 2.05) is 21.1 Å². The number of nitrogens with zero attached hydrogens (tertiary/aromatic N) is 1. The zero-order valence-electron chi connectivity index (χ0n) is 58.4. The number of phosphoric acid groups is 1. The monoisotopic (exact) mass is 1290 g/mol. The molecule has 0 spiro atoms. The fourth-order valence-corrected chi connectivity index (χ4v) is 9.39. The Labute approximate surface area is 563 Å². The van der Waals surface area contributed by atoms with Crippen molar-refractivity contribution in [2.24, 2.45) is 0 Å². The third kappa shape index (κ3) is 73.4. The minimum absolute atomic E-state index is 0.0120. The normalized spacial score (nSPS) is 14.5. The van der Waals surface area contributed by atoms with Crippen molar-refractivity contribution in [3.8, 4) is 0 Å². The molecule has 0 aromatic heterocycles. The number of rotatable bonds is 62. The van der Waals surface area contributed by atoms with E-state index in [0.29, 0.717) is 23.9 Å². The molecule has 0 saturated carbocycles. The minimum Gasteiger partial charge on any atom is -0.462 e. The lowest BCUT2D eigenvalue weighted by Crippen LogP contribution is -2.37. The molecule has 0 fully saturated rings. The fraction of sp³-hybridized carbons (Fsp3) is 0.537. The topological polar surface area (TPSA) is 108 Å². The van der Waals surface area contributed by atoms with E-state index in [4.69, 9.17) is 18.5 Å². The number of hydrogen-bond donors (Lipinski definition) is 1. The molecular formula is C82H129NO8P+. The first kappa shape index (κ1) is 86.3. The van der Waals surface area contributed by atoms with Crippen molar-refractivity contribution < 1.29 is 42.1 Å². The molecule has 0 saturated heterocycles. The number of esters is 2. The van der Waals surface area contributed by atoms with Gasteiger partial charge in [0.2, 0.25) is 0 Å². The Bertz CT molecular complexity index is 2360. The molecule has 514 valence electrons. The maximum atomic E-state index is 12.9. The number of hydrogen-bond acceptors (Lipinski definition) is 7. The van der Waals surface area contributed by atoms with E-state index < -0.39 is 32.5 Å². The van der Waals surface area contributed by atoms with E-state index in [1.165, 1.54) is 32.1 Å². The van der Waals surface area contributed by atoms with Gasteiger partial charge in [-0.1, -0.05) is 284 Å². The van der Waals surface area contributed by atoms with E-state index in [9.17, 15) is 19.0 Å². The first-order valence-electron chi connectivity index (χ1n) is 35.5. The van der Waals surface area contributed by atoms with Crippen LogP contribution in [0.2, 0.25) is 0 Å². The van der Waals surface area contributed by atoms with E-state index in [0.717, 1.165) is 161 Å². The number of quaternary nitrogens is 1. The summed E-state index contributed by atoms with van der Waals surface area (Å²) in [6.07, 6.45) is 112. The number of unbranched alkanes of at least 4 members (excludes halogenated alkanes) is 12. The van der Waals surface area contributed by atoms with Crippen LogP contribution < -0.4 is 0 Å². The van der Waals surface area contributed by atoms with Gasteiger partial charge in [0.15, 0.2) is 6.10 Å². The number of ether oxygens (including phenoxy) is 2. The number of carbonyl (C=O) groups is 2. The van der Waals surface area contributed by atoms with Crippen LogP contribution in [0.1, 0.15) is 232 Å². The summed E-state index contributed by atoms with van der Waals surface area (Å²) >= 11 is 0. The number of likely N-dealkylation sites (N-methyl/N-ethyl adjacent to an activating group) is 1. The third-order valence-corrected chi connectivity index (χ3v) is 15.0. The summed E-state index contributed by atoms with van der Waals surface area (Å²) in [5.74, 6) is -0.861. The molecular weight excluding hydrogens is 1160 g/mol. The van der Waals surface area contributed by atoms with Crippen LogP contribution in [0.3, 0.4) is 0 Å². The quantitative estimate of drug-likeness (QED) is 0.0211. The van der Waals surface area contributed by atoms with Crippen molar-refractivity contribution in [1.29, 1.82) is 0 Å². The number of carbonyl (C=O) groups excluding carboxylic acids is 2. The first-order chi connectivity index (χ1) is 45.0. The molecule has 0 aromatic carbocycles. The number of phosphoric ester groups is 1. The first-order valence-corrected chi connectivity index (χ1v) is 37.0. The van der Waals surface area contributed by atoms with Crippen LogP contribution in [-0.2, 0) is 32.7 Å². The summed E-state index contributed by atoms with van der Waals surface area (Å²) in [6, 6.07) is 0. The number of allylic oxidation sites excluding steroid dienone is 36. The molecule has 10 heteroatoms. The molecule has 0 aliphatic carbocycles. The zero-order valence-corrected chi connectivity index (χ0v) is 59.3. The third-order valence-electron chi connectivity index (χ3n) is 14.0. The summed E-state index contributed by atoms with van der Waals surface area (Å²) in [4.78, 5) is 35.9. The Morgan fingerprint density at radius 3 is 0.880 bits per heavy atom. The van der Waals surface area contributed by atoms with Crippen LogP contribution in [0.25, 0.3) is 0 Å². The molecule has 1 N–H and O–H groups in total. The van der Waals surface area contributed by atoms with Gasteiger partial charge in [-0.25, -0.2) is 4.57 Å². The van der Waals surface area contributed by atoms with Crippen molar-refractivity contribution in [3.05, 3.63) is 219 Å². The highest BCUT2D eigenvalue weighted by Crippen LogP contribution is 2.43. The molecule has 0 rings (SSSR count). The van der Waals surface area contributed by atoms with Crippen LogP contribution >= 0.6 is 7.82 Å². The van der Waals surface area contributed by atoms with Crippen molar-refractivity contribution in [1.82, 2.24) is 0 Å². The van der Waals surface area contributed by atoms with Gasteiger partial charge in [-0.3, -0.25) is 18.6 Å². The molecule has 0 amide bonds. The molecule has 0 heterocycles. The molecule has 92 heavy (non-hydrogen) atoms. The highest BCUT2D eigenvalue weighted by atomic mass is 31.2. The summed E-state index contributed by atoms with van der Waals surface area (Å²) in [5.41, 5.74) is 0. The second-order valence-corrected chi connectivity index (χ2v) is 25.3. The summed E-state index contributed by atoms with van der Waals surface area (Å²) in [5, 5.41) is 0. The van der Waals surface area contributed by atoms with Gasteiger partial charge in [0, 0.05) is 12.8 Å². The van der Waals surface area contributed by atoms with Gasteiger partial charge in [-0.05, 0) is 154 Å². The fourth-order valence-electron chi connectivity index (χ4n) is 8.65. The van der Waals surface area contributed by atoms with Crippen molar-refractivity contribution in [2.45, 2.75) is 238 Å². The lowest BCUT2D eigenvalue weighted by atomic mass is 10.1. The van der Waals surface area contributed by atoms with Gasteiger partial charge < -0.3 is 18.9 Å². The summed E-state index contributed by atoms with van der Waals surface area (Å²) < 4.78 is 34.7. The molecule has 9 nitrogen and oxygen atoms in total. The highest BCUT2D eigenvalue weighted by molar-refractivity contribution is 7.47. The Balaban J connectivity index is 4.22. The highest BCUT2D eigenvalue weighted by Gasteiger charge is 2.27. The van der Waals surface area contributed by atoms with Gasteiger partial charge in [-0.15, -0.1) is 0 Å². The van der Waals surface area contributed by atoms with Gasteiger partial charge in [-0.2, -0.15) is 0 Å². The lowest BCUT2D eigenvalue weighted by molar-refractivity contribution is -0.870. The second-order valence-electron chi connectivity index (χ2n) is 23.8. The van der Waals surface area contributed by atoms with E-state index in [1.54, 1.807) is 0 Å². The SMILES string of the molecule is CC/C=C\C/C=C\C/C=C\C/C=C\C/C=C\C/C=C\C/C=C\C/C=C\C/C=C\CCCCCCCCCCCC(=O)OC(COC(=O)CCCCC/C=C\C/C=C\C/C=C\C/C=C\C/C=C\C/C=C\C/C=C\C/C=C\C/C=C\CC)COP(=O)(O)OCC[N+](C)(C)C. The second kappa shape index (κ2) is 69.7. The minimum atomic E-state index is -4.42. The molecule has 0 aliphatic heterocycles. The van der Waals surface area contributed by atoms with Crippen molar-refractivity contribution >= 4 is 19.8 Å². The van der Waals surface area contributed by atoms with E-state index >= 15 is 0 Å². The van der Waals surface area contributed by atoms with Crippen LogP contribution in [0.5, 0.6) is 0 Å². The zero-order chi connectivity index (χ0) is 66.9. The average molecular weight is 1290 g/mol. The van der Waals surface area contributed by atoms with Crippen LogP contribution in [0.4, 0.5) is 0 Å². The molecule has 0 aliphatic rings. The summed E-state index contributed by atoms with van der Waals surface area (Å²) in [7, 11) is 1.42. The van der Waals surface area contributed by atoms with Gasteiger partial charge >= 0.3 is 19.8 Å². The van der Waals surface area contributed by atoms with Gasteiger partial charge in [0.05, 0.1) is 27.7 Å². The largest absolute Gasteiger partial charge is 0.472 e. The predicted molar refractivity (Wildman–Crippen MR) is 398 cm³/mol. The van der Waals surface area contributed by atoms with Crippen LogP contribution in [-0.4, -0.2) is 74.9 Å². The molecule has 0 aromatic rings. The molecule has 0 radical (unpaired) electrons. The van der Waals surface area contributed by atoms with Gasteiger partial charge in [0.25, 0.3) is 0 Å². The van der Waals surface area contributed by atoms with Crippen LogP contribution in [0.15, 0.2) is 219 Å². The van der Waals surface area contributed by atoms with Crippen LogP contribution in [0, 0.1) is 0 Å². The van der Waals surface area contributed by atoms with Crippen molar-refractivity contribution in [3.63, 3.8) is 0 Å². The average Bonchev–Trinajstić information content (AvgIpc) is 2.34. The predicted octanol–water partition coefficient (Wildman–Crippen LogP) is 23.6. The molecule has 0 bridgehead atoms. The Morgan fingerprint density at radius 2 is 0.587 bits per heavy atom. The smallest absolute Gasteiger partial charge is 0.462 e. The summed E-state index contributed by atoms with van der Waals surface area (Å²) in [6.45, 7) is 4.13. The maximum Gasteiger partial charge on any atom is 0.472 e. The molecule has 2 atom stereocenters. The van der Waals surface area contributed by atoms with E-state index in [-0.39, 0.29) is 26.1 Å². The molecule has 2 unspecified atom stereocenters. The van der Waals surface area contributed by atoms with E-state index in [2.05, 4.69) is 233 Å². The Hall–Kier alpha value is -5.67. The van der Waals surface area contributed by atoms with Crippen molar-refractivity contribution in [2.75, 3.05) is 47.5 Å².